The molecule has 1 saturated heterocycles. The highest BCUT2D eigenvalue weighted by molar-refractivity contribution is 5.85. The number of likely N-dealkylation sites (tertiary alicyclic amines) is 1. The van der Waals surface area contributed by atoms with E-state index in [1.165, 1.54) is 31.5 Å². The number of benzene rings is 1. The molecule has 0 bridgehead atoms. The van der Waals surface area contributed by atoms with Crippen LogP contribution in [0, 0.1) is 6.92 Å². The molecule has 0 spiro atoms. The van der Waals surface area contributed by atoms with Gasteiger partial charge >= 0.3 is 6.01 Å². The molecule has 0 amide bonds. The molecule has 5 rings (SSSR count). The summed E-state index contributed by atoms with van der Waals surface area (Å²) in [5, 5.41) is 5.21. The summed E-state index contributed by atoms with van der Waals surface area (Å²) in [5.41, 5.74) is 11.3. The van der Waals surface area contributed by atoms with Crippen LogP contribution in [0.4, 0.5) is 5.82 Å². The Bertz CT molecular complexity index is 1210. The molecule has 0 unspecified atom stereocenters. The first kappa shape index (κ1) is 20.4. The smallest absolute Gasteiger partial charge is 0.320 e. The van der Waals surface area contributed by atoms with Crippen LogP contribution in [0.3, 0.4) is 0 Å². The number of hydrogen-bond acceptors (Lipinski definition) is 7. The van der Waals surface area contributed by atoms with E-state index in [-0.39, 0.29) is 6.01 Å². The van der Waals surface area contributed by atoms with Crippen LogP contribution in [0.25, 0.3) is 11.0 Å². The lowest BCUT2D eigenvalue weighted by Crippen LogP contribution is -2.18. The Morgan fingerprint density at radius 1 is 0.969 bits per heavy atom. The van der Waals surface area contributed by atoms with E-state index in [1.54, 1.807) is 12.4 Å². The van der Waals surface area contributed by atoms with Crippen molar-refractivity contribution in [3.05, 3.63) is 71.2 Å². The summed E-state index contributed by atoms with van der Waals surface area (Å²) >= 11 is 0. The highest BCUT2D eigenvalue weighted by Gasteiger charge is 2.14. The van der Waals surface area contributed by atoms with Crippen molar-refractivity contribution in [1.82, 2.24) is 29.6 Å². The Balaban J connectivity index is 1.31. The predicted octanol–water partition coefficient (Wildman–Crippen LogP) is 3.34. The number of rotatable bonds is 7. The lowest BCUT2D eigenvalue weighted by Gasteiger charge is -2.14. The summed E-state index contributed by atoms with van der Waals surface area (Å²) < 4.78 is 7.65. The number of hydrogen-bond donors (Lipinski definition) is 1. The van der Waals surface area contributed by atoms with Gasteiger partial charge in [-0.15, -0.1) is 0 Å². The van der Waals surface area contributed by atoms with E-state index in [0.29, 0.717) is 24.6 Å². The molecule has 8 nitrogen and oxygen atoms in total. The minimum Gasteiger partial charge on any atom is -0.458 e. The van der Waals surface area contributed by atoms with E-state index >= 15 is 0 Å². The molecule has 4 heterocycles. The standard InChI is InChI=1S/C24H27N7O/c1-17-12-20(8-9-26-17)16-32-24-28-22(25)21-13-27-31(23(21)29-24)15-19-6-4-18(5-7-19)14-30-10-2-3-11-30/h4-9,12-13H,2-3,10-11,14-16H2,1H3,(H2,25,28,29). The van der Waals surface area contributed by atoms with Gasteiger partial charge in [0, 0.05) is 18.4 Å². The van der Waals surface area contributed by atoms with E-state index in [2.05, 4.69) is 49.2 Å². The van der Waals surface area contributed by atoms with E-state index in [4.69, 9.17) is 10.5 Å². The third-order valence-electron chi connectivity index (χ3n) is 5.79. The minimum atomic E-state index is 0.243. The first-order valence-corrected chi connectivity index (χ1v) is 11.0. The Morgan fingerprint density at radius 3 is 2.47 bits per heavy atom. The molecule has 0 saturated carbocycles. The van der Waals surface area contributed by atoms with Crippen LogP contribution in [0.2, 0.25) is 0 Å². The first-order chi connectivity index (χ1) is 15.6. The summed E-state index contributed by atoms with van der Waals surface area (Å²) in [6.45, 7) is 6.32. The van der Waals surface area contributed by atoms with E-state index < -0.39 is 0 Å². The quantitative estimate of drug-likeness (QED) is 0.481. The Labute approximate surface area is 187 Å². The number of aryl methyl sites for hydroxylation is 1. The van der Waals surface area contributed by atoms with Crippen LogP contribution in [0.5, 0.6) is 6.01 Å². The van der Waals surface area contributed by atoms with Crippen molar-refractivity contribution < 1.29 is 4.74 Å². The highest BCUT2D eigenvalue weighted by atomic mass is 16.5. The predicted molar refractivity (Wildman–Crippen MR) is 123 cm³/mol. The zero-order valence-electron chi connectivity index (χ0n) is 18.2. The van der Waals surface area contributed by atoms with Gasteiger partial charge in [-0.2, -0.15) is 15.1 Å². The molecule has 8 heteroatoms. The van der Waals surface area contributed by atoms with Gasteiger partial charge in [0.1, 0.15) is 12.4 Å². The number of anilines is 1. The fraction of sp³-hybridized carbons (Fsp3) is 0.333. The molecule has 0 aliphatic carbocycles. The van der Waals surface area contributed by atoms with Gasteiger partial charge in [-0.25, -0.2) is 4.68 Å². The molecular weight excluding hydrogens is 402 g/mol. The van der Waals surface area contributed by atoms with Gasteiger partial charge in [0.25, 0.3) is 0 Å². The van der Waals surface area contributed by atoms with Crippen molar-refractivity contribution >= 4 is 16.9 Å². The fourth-order valence-corrected chi connectivity index (χ4v) is 4.10. The maximum absolute atomic E-state index is 6.16. The molecule has 0 radical (unpaired) electrons. The topological polar surface area (TPSA) is 95.0 Å². The summed E-state index contributed by atoms with van der Waals surface area (Å²) in [4.78, 5) is 15.6. The van der Waals surface area contributed by atoms with Crippen LogP contribution in [0.1, 0.15) is 35.2 Å². The van der Waals surface area contributed by atoms with Gasteiger partial charge in [-0.3, -0.25) is 9.88 Å². The molecule has 2 N–H and O–H groups in total. The molecule has 1 aromatic carbocycles. The average molecular weight is 430 g/mol. The zero-order chi connectivity index (χ0) is 21.9. The number of pyridine rings is 1. The van der Waals surface area contributed by atoms with Crippen LogP contribution >= 0.6 is 0 Å². The third kappa shape index (κ3) is 4.55. The largest absolute Gasteiger partial charge is 0.458 e. The molecule has 1 aliphatic heterocycles. The maximum atomic E-state index is 6.16. The van der Waals surface area contributed by atoms with Crippen LogP contribution in [-0.4, -0.2) is 42.7 Å². The minimum absolute atomic E-state index is 0.243. The van der Waals surface area contributed by atoms with Gasteiger partial charge in [0.2, 0.25) is 0 Å². The third-order valence-corrected chi connectivity index (χ3v) is 5.79. The van der Waals surface area contributed by atoms with Gasteiger partial charge in [0.05, 0.1) is 18.1 Å². The molecule has 1 aliphatic rings. The van der Waals surface area contributed by atoms with Gasteiger partial charge in [-0.1, -0.05) is 24.3 Å². The van der Waals surface area contributed by atoms with Crippen molar-refractivity contribution in [2.75, 3.05) is 18.8 Å². The molecule has 3 aromatic heterocycles. The molecule has 164 valence electrons. The molecular formula is C24H27N7O. The number of nitrogens with two attached hydrogens (primary N) is 1. The normalized spacial score (nSPS) is 14.3. The average Bonchev–Trinajstić information content (AvgIpc) is 3.44. The maximum Gasteiger partial charge on any atom is 0.320 e. The summed E-state index contributed by atoms with van der Waals surface area (Å²) in [7, 11) is 0. The Hall–Kier alpha value is -3.52. The van der Waals surface area contributed by atoms with Gasteiger partial charge < -0.3 is 10.5 Å². The zero-order valence-corrected chi connectivity index (χ0v) is 18.2. The molecule has 0 atom stereocenters. The number of aromatic nitrogens is 5. The molecule has 32 heavy (non-hydrogen) atoms. The van der Waals surface area contributed by atoms with Crippen molar-refractivity contribution in [2.24, 2.45) is 0 Å². The summed E-state index contributed by atoms with van der Waals surface area (Å²) in [5.74, 6) is 0.364. The van der Waals surface area contributed by atoms with Gasteiger partial charge in [-0.05, 0) is 61.7 Å². The second kappa shape index (κ2) is 8.92. The van der Waals surface area contributed by atoms with Crippen LogP contribution in [-0.2, 0) is 19.7 Å². The van der Waals surface area contributed by atoms with Crippen LogP contribution in [0.15, 0.2) is 48.8 Å². The van der Waals surface area contributed by atoms with E-state index in [9.17, 15) is 0 Å². The molecule has 1 fully saturated rings. The van der Waals surface area contributed by atoms with E-state index in [0.717, 1.165) is 28.8 Å². The lowest BCUT2D eigenvalue weighted by molar-refractivity contribution is 0.282. The van der Waals surface area contributed by atoms with Crippen molar-refractivity contribution in [1.29, 1.82) is 0 Å². The van der Waals surface area contributed by atoms with Crippen molar-refractivity contribution in [3.8, 4) is 6.01 Å². The fourth-order valence-electron chi connectivity index (χ4n) is 4.10. The Kier molecular flexibility index (Phi) is 5.68. The SMILES string of the molecule is Cc1cc(COc2nc(N)c3cnn(Cc4ccc(CN5CCCC5)cc4)c3n2)ccn1. The summed E-state index contributed by atoms with van der Waals surface area (Å²) in [6, 6.07) is 12.8. The lowest BCUT2D eigenvalue weighted by atomic mass is 10.1. The monoisotopic (exact) mass is 429 g/mol. The summed E-state index contributed by atoms with van der Waals surface area (Å²) in [6.07, 6.45) is 6.09. The number of nitrogen functional groups attached to an aromatic ring is 1. The van der Waals surface area contributed by atoms with E-state index in [1.807, 2.05) is 23.7 Å². The molecule has 4 aromatic rings. The second-order valence-electron chi connectivity index (χ2n) is 8.32. The van der Waals surface area contributed by atoms with Gasteiger partial charge in [0.15, 0.2) is 5.65 Å². The highest BCUT2D eigenvalue weighted by Crippen LogP contribution is 2.22. The number of ether oxygens (including phenoxy) is 1. The first-order valence-electron chi connectivity index (χ1n) is 11.0. The van der Waals surface area contributed by atoms with Crippen LogP contribution < -0.4 is 10.5 Å². The van der Waals surface area contributed by atoms with Crippen molar-refractivity contribution in [3.63, 3.8) is 0 Å². The second-order valence-corrected chi connectivity index (χ2v) is 8.32. The number of fused-ring (bicyclic) bond motifs is 1. The number of nitrogens with zero attached hydrogens (tertiary/aromatic N) is 6. The van der Waals surface area contributed by atoms with Crippen molar-refractivity contribution in [2.45, 2.75) is 39.5 Å². The Morgan fingerprint density at radius 2 is 1.72 bits per heavy atom.